The highest BCUT2D eigenvalue weighted by Gasteiger charge is 2.37. The number of aromatic nitrogens is 1. The minimum atomic E-state index is -0.267. The van der Waals surface area contributed by atoms with Crippen LogP contribution in [0.25, 0.3) is 10.6 Å². The number of nitrogens with zero attached hydrogens (tertiary/aromatic N) is 3. The number of amides is 1. The van der Waals surface area contributed by atoms with Crippen molar-refractivity contribution in [3.8, 4) is 0 Å². The van der Waals surface area contributed by atoms with Crippen LogP contribution < -0.4 is 0 Å². The molecule has 136 valence electrons. The number of fused-ring (bicyclic) bond motifs is 1. The van der Waals surface area contributed by atoms with Crippen LogP contribution in [0.2, 0.25) is 0 Å². The molecule has 1 amide bonds. The van der Waals surface area contributed by atoms with E-state index in [1.807, 2.05) is 12.1 Å². The molecule has 5 nitrogen and oxygen atoms in total. The van der Waals surface area contributed by atoms with Gasteiger partial charge in [0.1, 0.15) is 5.84 Å². The molecule has 2 aliphatic rings. The molecular formula is C21H20N4OS. The topological polar surface area (TPSA) is 69.4 Å². The van der Waals surface area contributed by atoms with Crippen LogP contribution in [-0.2, 0) is 10.2 Å². The summed E-state index contributed by atoms with van der Waals surface area (Å²) in [5.74, 6) is -0.00591. The van der Waals surface area contributed by atoms with Crippen molar-refractivity contribution in [1.29, 1.82) is 5.41 Å². The highest BCUT2D eigenvalue weighted by molar-refractivity contribution is 8.22. The molecule has 6 heteroatoms. The third kappa shape index (κ3) is 3.21. The summed E-state index contributed by atoms with van der Waals surface area (Å²) in [6, 6.07) is 12.3. The summed E-state index contributed by atoms with van der Waals surface area (Å²) < 4.78 is 0. The molecule has 0 aliphatic carbocycles. The van der Waals surface area contributed by atoms with E-state index in [9.17, 15) is 4.79 Å². The number of benzene rings is 1. The zero-order chi connectivity index (χ0) is 19.2. The van der Waals surface area contributed by atoms with Gasteiger partial charge in [-0.25, -0.2) is 0 Å². The van der Waals surface area contributed by atoms with Crippen molar-refractivity contribution in [1.82, 2.24) is 9.88 Å². The summed E-state index contributed by atoms with van der Waals surface area (Å²) >= 11 is 1.43. The SMILES string of the molecule is CC(C)(C)c1ccc(C2=C(c3ccncc3)SC3=NC(=O)CC(=N)N32)cc1. The second-order valence-electron chi connectivity index (χ2n) is 7.59. The van der Waals surface area contributed by atoms with Gasteiger partial charge in [0.15, 0.2) is 5.17 Å². The van der Waals surface area contributed by atoms with Crippen LogP contribution >= 0.6 is 11.8 Å². The number of carbonyl (C=O) groups is 1. The average Bonchev–Trinajstić information content (AvgIpc) is 3.01. The van der Waals surface area contributed by atoms with Crippen molar-refractivity contribution in [3.63, 3.8) is 0 Å². The fraction of sp³-hybridized carbons (Fsp3) is 0.238. The fourth-order valence-electron chi connectivity index (χ4n) is 3.16. The number of aliphatic imine (C=N–C) groups is 1. The predicted molar refractivity (Wildman–Crippen MR) is 110 cm³/mol. The third-order valence-corrected chi connectivity index (χ3v) is 5.69. The van der Waals surface area contributed by atoms with E-state index in [2.05, 4.69) is 55.0 Å². The summed E-state index contributed by atoms with van der Waals surface area (Å²) in [6.07, 6.45) is 3.52. The van der Waals surface area contributed by atoms with E-state index in [4.69, 9.17) is 5.41 Å². The number of nitrogens with one attached hydrogen (secondary N) is 1. The number of carbonyl (C=O) groups excluding carboxylic acids is 1. The summed E-state index contributed by atoms with van der Waals surface area (Å²) in [4.78, 5) is 22.9. The lowest BCUT2D eigenvalue weighted by Gasteiger charge is -2.26. The molecule has 1 aromatic carbocycles. The third-order valence-electron chi connectivity index (χ3n) is 4.60. The van der Waals surface area contributed by atoms with Crippen LogP contribution in [0.15, 0.2) is 53.8 Å². The molecular weight excluding hydrogens is 356 g/mol. The first-order chi connectivity index (χ1) is 12.8. The molecule has 0 unspecified atom stereocenters. The van der Waals surface area contributed by atoms with E-state index in [0.717, 1.165) is 21.7 Å². The standard InChI is InChI=1S/C21H20N4OS/c1-21(2,3)15-6-4-13(5-7-15)18-19(14-8-10-23-11-9-14)27-20-24-17(26)12-16(22)25(18)20/h4-11,22H,12H2,1-3H3. The molecule has 0 saturated carbocycles. The number of rotatable bonds is 2. The quantitative estimate of drug-likeness (QED) is 0.837. The van der Waals surface area contributed by atoms with Gasteiger partial charge in [-0.15, -0.1) is 0 Å². The lowest BCUT2D eigenvalue weighted by molar-refractivity contribution is -0.116. The van der Waals surface area contributed by atoms with Gasteiger partial charge >= 0.3 is 0 Å². The second-order valence-corrected chi connectivity index (χ2v) is 8.57. The molecule has 27 heavy (non-hydrogen) atoms. The minimum Gasteiger partial charge on any atom is -0.287 e. The van der Waals surface area contributed by atoms with Gasteiger partial charge in [-0.05, 0) is 46.0 Å². The summed E-state index contributed by atoms with van der Waals surface area (Å²) in [5, 5.41) is 8.94. The summed E-state index contributed by atoms with van der Waals surface area (Å²) in [7, 11) is 0. The van der Waals surface area contributed by atoms with Gasteiger partial charge < -0.3 is 0 Å². The van der Waals surface area contributed by atoms with Crippen LogP contribution in [0.4, 0.5) is 0 Å². The lowest BCUT2D eigenvalue weighted by atomic mass is 9.86. The first-order valence-electron chi connectivity index (χ1n) is 8.77. The molecule has 0 radical (unpaired) electrons. The molecule has 0 atom stereocenters. The van der Waals surface area contributed by atoms with Gasteiger partial charge in [-0.2, -0.15) is 4.99 Å². The monoisotopic (exact) mass is 376 g/mol. The van der Waals surface area contributed by atoms with Crippen molar-refractivity contribution in [3.05, 3.63) is 65.5 Å². The van der Waals surface area contributed by atoms with Crippen LogP contribution in [0, 0.1) is 5.41 Å². The van der Waals surface area contributed by atoms with Gasteiger partial charge in [-0.1, -0.05) is 45.0 Å². The van der Waals surface area contributed by atoms with Crippen LogP contribution in [-0.4, -0.2) is 26.8 Å². The molecule has 3 heterocycles. The Hall–Kier alpha value is -2.73. The lowest BCUT2D eigenvalue weighted by Crippen LogP contribution is -2.35. The van der Waals surface area contributed by atoms with Crippen molar-refractivity contribution in [2.75, 3.05) is 0 Å². The van der Waals surface area contributed by atoms with Crippen LogP contribution in [0.3, 0.4) is 0 Å². The first kappa shape index (κ1) is 17.7. The van der Waals surface area contributed by atoms with E-state index in [1.54, 1.807) is 17.3 Å². The fourth-order valence-corrected chi connectivity index (χ4v) is 4.34. The van der Waals surface area contributed by atoms with Crippen molar-refractivity contribution >= 4 is 39.3 Å². The average molecular weight is 376 g/mol. The Balaban J connectivity index is 1.88. The van der Waals surface area contributed by atoms with Gasteiger partial charge in [0, 0.05) is 17.3 Å². The van der Waals surface area contributed by atoms with E-state index in [1.165, 1.54) is 17.3 Å². The zero-order valence-electron chi connectivity index (χ0n) is 15.5. The largest absolute Gasteiger partial charge is 0.287 e. The highest BCUT2D eigenvalue weighted by Crippen LogP contribution is 2.47. The molecule has 1 aromatic heterocycles. The van der Waals surface area contributed by atoms with Gasteiger partial charge in [0.05, 0.1) is 12.1 Å². The van der Waals surface area contributed by atoms with Gasteiger partial charge in [0.2, 0.25) is 0 Å². The first-order valence-corrected chi connectivity index (χ1v) is 9.59. The van der Waals surface area contributed by atoms with Crippen LogP contribution in [0.1, 0.15) is 43.9 Å². The molecule has 2 aliphatic heterocycles. The number of hydrogen-bond donors (Lipinski definition) is 1. The summed E-state index contributed by atoms with van der Waals surface area (Å²) in [6.45, 7) is 6.56. The maximum Gasteiger partial charge on any atom is 0.255 e. The van der Waals surface area contributed by atoms with Crippen molar-refractivity contribution in [2.45, 2.75) is 32.6 Å². The minimum absolute atomic E-state index is 0.0251. The van der Waals surface area contributed by atoms with E-state index >= 15 is 0 Å². The van der Waals surface area contributed by atoms with Crippen molar-refractivity contribution < 1.29 is 4.79 Å². The van der Waals surface area contributed by atoms with E-state index in [0.29, 0.717) is 5.17 Å². The highest BCUT2D eigenvalue weighted by atomic mass is 32.2. The Morgan fingerprint density at radius 1 is 1.04 bits per heavy atom. The van der Waals surface area contributed by atoms with E-state index in [-0.39, 0.29) is 23.6 Å². The Morgan fingerprint density at radius 2 is 1.70 bits per heavy atom. The number of hydrogen-bond acceptors (Lipinski definition) is 4. The molecule has 0 fully saturated rings. The molecule has 1 N–H and O–H groups in total. The molecule has 0 spiro atoms. The predicted octanol–water partition coefficient (Wildman–Crippen LogP) is 4.52. The summed E-state index contributed by atoms with van der Waals surface area (Å²) in [5.41, 5.74) is 4.24. The van der Waals surface area contributed by atoms with Crippen LogP contribution in [0.5, 0.6) is 0 Å². The normalized spacial score (nSPS) is 17.3. The Morgan fingerprint density at radius 3 is 2.33 bits per heavy atom. The molecule has 2 aromatic rings. The van der Waals surface area contributed by atoms with E-state index < -0.39 is 0 Å². The Kier molecular flexibility index (Phi) is 4.23. The van der Waals surface area contributed by atoms with Gasteiger partial charge in [-0.3, -0.25) is 20.1 Å². The number of amidine groups is 2. The molecule has 0 bridgehead atoms. The Bertz CT molecular complexity index is 985. The van der Waals surface area contributed by atoms with Gasteiger partial charge in [0.25, 0.3) is 5.91 Å². The molecule has 4 rings (SSSR count). The smallest absolute Gasteiger partial charge is 0.255 e. The zero-order valence-corrected chi connectivity index (χ0v) is 16.3. The Labute approximate surface area is 162 Å². The maximum atomic E-state index is 11.9. The maximum absolute atomic E-state index is 11.9. The molecule has 0 saturated heterocycles. The van der Waals surface area contributed by atoms with Crippen molar-refractivity contribution in [2.24, 2.45) is 4.99 Å². The number of pyridine rings is 1. The second kappa shape index (κ2) is 6.46. The number of thioether (sulfide) groups is 1.